The van der Waals surface area contributed by atoms with Crippen LogP contribution >= 0.6 is 0 Å². The zero-order valence-electron chi connectivity index (χ0n) is 17.2. The average molecular weight is 398 g/mol. The van der Waals surface area contributed by atoms with Crippen LogP contribution in [0.4, 0.5) is 4.39 Å². The average Bonchev–Trinajstić information content (AvgIpc) is 2.59. The Morgan fingerprint density at radius 3 is 1.58 bits per heavy atom. The summed E-state index contributed by atoms with van der Waals surface area (Å²) < 4.78 is 40.4. The summed E-state index contributed by atoms with van der Waals surface area (Å²) in [4.78, 5) is 0. The summed E-state index contributed by atoms with van der Waals surface area (Å²) in [7, 11) is -3.36. The van der Waals surface area contributed by atoms with Gasteiger partial charge in [0.25, 0.3) is 10.1 Å². The molecule has 4 nitrogen and oxygen atoms in total. The third-order valence-corrected chi connectivity index (χ3v) is 5.85. The molecule has 0 rings (SSSR count). The standard InChI is InChI=1S/C20H41FO3S.H3N/c1-2-3-4-5-6-7-8-9-10-13-16-19-24-25(22,23)20-17-14-11-12-15-18-21;/h2-20H2,1H3;1H3. The fourth-order valence-electron chi connectivity index (χ4n) is 2.91. The lowest BCUT2D eigenvalue weighted by atomic mass is 10.1. The first-order valence-electron chi connectivity index (χ1n) is 10.6. The second kappa shape index (κ2) is 21.1. The topological polar surface area (TPSA) is 78.4 Å². The molecule has 0 aliphatic heterocycles. The van der Waals surface area contributed by atoms with Crippen LogP contribution < -0.4 is 6.15 Å². The van der Waals surface area contributed by atoms with E-state index in [1.54, 1.807) is 0 Å². The van der Waals surface area contributed by atoms with E-state index in [0.717, 1.165) is 32.1 Å². The molecule has 6 heteroatoms. The third kappa shape index (κ3) is 21.8. The SMILES string of the molecule is CCCCCCCCCCCCCOS(=O)(=O)CCCCCCCF.N. The first-order valence-corrected chi connectivity index (χ1v) is 12.1. The highest BCUT2D eigenvalue weighted by Crippen LogP contribution is 2.12. The van der Waals surface area contributed by atoms with Crippen LogP contribution in [0.2, 0.25) is 0 Å². The minimum absolute atomic E-state index is 0. The molecule has 0 aromatic heterocycles. The predicted molar refractivity (Wildman–Crippen MR) is 110 cm³/mol. The summed E-state index contributed by atoms with van der Waals surface area (Å²) in [6, 6.07) is 0. The molecule has 0 bridgehead atoms. The summed E-state index contributed by atoms with van der Waals surface area (Å²) >= 11 is 0. The number of halogens is 1. The van der Waals surface area contributed by atoms with Crippen molar-refractivity contribution in [2.45, 2.75) is 110 Å². The van der Waals surface area contributed by atoms with E-state index in [1.165, 1.54) is 57.8 Å². The van der Waals surface area contributed by atoms with Crippen molar-refractivity contribution in [1.29, 1.82) is 0 Å². The van der Waals surface area contributed by atoms with Crippen LogP contribution in [-0.4, -0.2) is 27.5 Å². The van der Waals surface area contributed by atoms with Gasteiger partial charge in [0, 0.05) is 0 Å². The maximum Gasteiger partial charge on any atom is 0.267 e. The van der Waals surface area contributed by atoms with Gasteiger partial charge in [0.2, 0.25) is 0 Å². The fraction of sp³-hybridized carbons (Fsp3) is 1.00. The quantitative estimate of drug-likeness (QED) is 0.182. The molecule has 0 aromatic carbocycles. The van der Waals surface area contributed by atoms with Gasteiger partial charge in [-0.25, -0.2) is 0 Å². The molecule has 0 unspecified atom stereocenters. The molecule has 0 aliphatic carbocycles. The van der Waals surface area contributed by atoms with Crippen molar-refractivity contribution in [3.8, 4) is 0 Å². The number of hydrogen-bond donors (Lipinski definition) is 1. The number of rotatable bonds is 20. The summed E-state index contributed by atoms with van der Waals surface area (Å²) in [5, 5.41) is 0. The Morgan fingerprint density at radius 2 is 1.08 bits per heavy atom. The lowest BCUT2D eigenvalue weighted by molar-refractivity contribution is 0.305. The predicted octanol–water partition coefficient (Wildman–Crippen LogP) is 6.73. The summed E-state index contributed by atoms with van der Waals surface area (Å²) in [6.07, 6.45) is 17.5. The zero-order valence-corrected chi connectivity index (χ0v) is 18.0. The van der Waals surface area contributed by atoms with E-state index in [2.05, 4.69) is 6.92 Å². The Hall–Kier alpha value is -0.200. The molecule has 0 fully saturated rings. The molecule has 0 saturated carbocycles. The molecule has 0 aromatic rings. The van der Waals surface area contributed by atoms with Gasteiger partial charge in [0.1, 0.15) is 0 Å². The van der Waals surface area contributed by atoms with Gasteiger partial charge in [-0.1, -0.05) is 90.4 Å². The van der Waals surface area contributed by atoms with E-state index >= 15 is 0 Å². The van der Waals surface area contributed by atoms with Crippen molar-refractivity contribution >= 4 is 10.1 Å². The van der Waals surface area contributed by atoms with Crippen LogP contribution in [0, 0.1) is 0 Å². The lowest BCUT2D eigenvalue weighted by Crippen LogP contribution is -2.11. The van der Waals surface area contributed by atoms with Crippen LogP contribution in [0.1, 0.15) is 110 Å². The highest BCUT2D eigenvalue weighted by atomic mass is 32.2. The van der Waals surface area contributed by atoms with Crippen molar-refractivity contribution in [3.05, 3.63) is 0 Å². The van der Waals surface area contributed by atoms with E-state index in [-0.39, 0.29) is 18.6 Å². The third-order valence-electron chi connectivity index (χ3n) is 4.54. The minimum atomic E-state index is -3.36. The molecule has 0 heterocycles. The van der Waals surface area contributed by atoms with E-state index in [0.29, 0.717) is 19.4 Å². The van der Waals surface area contributed by atoms with Crippen molar-refractivity contribution in [2.75, 3.05) is 19.0 Å². The van der Waals surface area contributed by atoms with Crippen LogP contribution in [0.15, 0.2) is 0 Å². The van der Waals surface area contributed by atoms with Crippen molar-refractivity contribution in [1.82, 2.24) is 6.15 Å². The van der Waals surface area contributed by atoms with Gasteiger partial charge >= 0.3 is 0 Å². The molecule has 0 atom stereocenters. The first-order chi connectivity index (χ1) is 12.1. The van der Waals surface area contributed by atoms with E-state index < -0.39 is 10.1 Å². The van der Waals surface area contributed by atoms with Gasteiger partial charge in [0.15, 0.2) is 0 Å². The highest BCUT2D eigenvalue weighted by molar-refractivity contribution is 7.86. The van der Waals surface area contributed by atoms with E-state index in [1.807, 2.05) is 0 Å². The number of alkyl halides is 1. The Kier molecular flexibility index (Phi) is 22.7. The maximum absolute atomic E-state index is 11.9. The number of unbranched alkanes of at least 4 members (excludes halogenated alkanes) is 14. The normalized spacial score (nSPS) is 11.5. The molecule has 0 aliphatic rings. The second-order valence-electron chi connectivity index (χ2n) is 7.08. The van der Waals surface area contributed by atoms with Gasteiger partial charge in [-0.2, -0.15) is 8.42 Å². The summed E-state index contributed by atoms with van der Waals surface area (Å²) in [5.41, 5.74) is 0. The Bertz CT molecular complexity index is 364. The van der Waals surface area contributed by atoms with E-state index in [4.69, 9.17) is 4.18 Å². The summed E-state index contributed by atoms with van der Waals surface area (Å²) in [5.74, 6) is 0.0979. The van der Waals surface area contributed by atoms with E-state index in [9.17, 15) is 12.8 Å². The van der Waals surface area contributed by atoms with Crippen molar-refractivity contribution < 1.29 is 17.0 Å². The molecular formula is C20H44FNO3S. The van der Waals surface area contributed by atoms with Gasteiger partial charge in [-0.15, -0.1) is 0 Å². The van der Waals surface area contributed by atoms with Crippen molar-refractivity contribution in [3.63, 3.8) is 0 Å². The van der Waals surface area contributed by atoms with Crippen molar-refractivity contribution in [2.24, 2.45) is 0 Å². The van der Waals surface area contributed by atoms with Gasteiger partial charge < -0.3 is 6.15 Å². The van der Waals surface area contributed by atoms with Crippen LogP contribution in [0.25, 0.3) is 0 Å². The maximum atomic E-state index is 11.9. The van der Waals surface area contributed by atoms with Crippen LogP contribution in [-0.2, 0) is 14.3 Å². The molecule has 0 radical (unpaired) electrons. The van der Waals surface area contributed by atoms with Gasteiger partial charge in [0.05, 0.1) is 19.0 Å². The molecular weight excluding hydrogens is 353 g/mol. The molecule has 0 spiro atoms. The molecule has 26 heavy (non-hydrogen) atoms. The largest absolute Gasteiger partial charge is 0.344 e. The minimum Gasteiger partial charge on any atom is -0.344 e. The second-order valence-corrected chi connectivity index (χ2v) is 8.84. The zero-order chi connectivity index (χ0) is 18.6. The fourth-order valence-corrected chi connectivity index (χ4v) is 3.96. The van der Waals surface area contributed by atoms with Crippen LogP contribution in [0.3, 0.4) is 0 Å². The first kappa shape index (κ1) is 28.0. The summed E-state index contributed by atoms with van der Waals surface area (Å²) in [6.45, 7) is 2.29. The molecule has 0 amide bonds. The smallest absolute Gasteiger partial charge is 0.267 e. The Labute approximate surface area is 162 Å². The molecule has 160 valence electrons. The number of hydrogen-bond acceptors (Lipinski definition) is 4. The van der Waals surface area contributed by atoms with Gasteiger partial charge in [-0.3, -0.25) is 8.57 Å². The molecule has 0 saturated heterocycles. The Balaban J connectivity index is 0. The monoisotopic (exact) mass is 397 g/mol. The highest BCUT2D eigenvalue weighted by Gasteiger charge is 2.10. The Morgan fingerprint density at radius 1 is 0.654 bits per heavy atom. The molecule has 3 N–H and O–H groups in total. The lowest BCUT2D eigenvalue weighted by Gasteiger charge is -2.06. The van der Waals surface area contributed by atoms with Crippen LogP contribution in [0.5, 0.6) is 0 Å². The van der Waals surface area contributed by atoms with Gasteiger partial charge in [-0.05, 0) is 19.3 Å².